The number of aromatic hydroxyl groups is 1. The lowest BCUT2D eigenvalue weighted by atomic mass is 10.2. The number of amides is 2. The van der Waals surface area contributed by atoms with E-state index in [-0.39, 0.29) is 72.0 Å². The van der Waals surface area contributed by atoms with Crippen molar-refractivity contribution in [3.8, 4) is 5.75 Å². The largest absolute Gasteiger partial charge is 0.504 e. The summed E-state index contributed by atoms with van der Waals surface area (Å²) in [6, 6.07) is 2.65. The Morgan fingerprint density at radius 1 is 1.10 bits per heavy atom. The molecule has 0 spiro atoms. The Bertz CT molecular complexity index is 2030. The molecule has 4 heterocycles. The summed E-state index contributed by atoms with van der Waals surface area (Å²) in [5.41, 5.74) is 0.703. The number of anilines is 2. The van der Waals surface area contributed by atoms with E-state index in [1.54, 1.807) is 11.5 Å². The van der Waals surface area contributed by atoms with Crippen LogP contribution in [0.15, 0.2) is 34.9 Å². The van der Waals surface area contributed by atoms with E-state index in [0.717, 1.165) is 54.0 Å². The van der Waals surface area contributed by atoms with Crippen molar-refractivity contribution in [1.82, 2.24) is 34.0 Å². The van der Waals surface area contributed by atoms with Gasteiger partial charge < -0.3 is 24.8 Å². The van der Waals surface area contributed by atoms with E-state index in [2.05, 4.69) is 25.4 Å². The van der Waals surface area contributed by atoms with Crippen LogP contribution in [-0.2, 0) is 23.9 Å². The first-order valence-corrected chi connectivity index (χ1v) is 16.2. The fourth-order valence-corrected chi connectivity index (χ4v) is 6.42. The molecule has 0 radical (unpaired) electrons. The molecule has 1 saturated carbocycles. The summed E-state index contributed by atoms with van der Waals surface area (Å²) in [6.07, 6.45) is 2.67. The quantitative estimate of drug-likeness (QED) is 0.285. The van der Waals surface area contributed by atoms with Crippen LogP contribution in [0.5, 0.6) is 5.75 Å². The van der Waals surface area contributed by atoms with Gasteiger partial charge in [0.15, 0.2) is 17.3 Å². The molecule has 2 amide bonds. The van der Waals surface area contributed by atoms with Crippen LogP contribution in [0, 0.1) is 6.92 Å². The van der Waals surface area contributed by atoms with Crippen molar-refractivity contribution in [2.75, 3.05) is 36.4 Å². The molecular weight excluding hydrogens is 667 g/mol. The number of hydrogen-bond acceptors (Lipinski definition) is 9. The molecule has 0 bridgehead atoms. The van der Waals surface area contributed by atoms with Gasteiger partial charge in [0.2, 0.25) is 11.7 Å². The van der Waals surface area contributed by atoms with Gasteiger partial charge in [-0.15, -0.1) is 5.10 Å². The lowest BCUT2D eigenvalue weighted by Crippen LogP contribution is -2.51. The minimum atomic E-state index is -4.60. The van der Waals surface area contributed by atoms with Crippen molar-refractivity contribution in [3.63, 3.8) is 0 Å². The molecule has 2 aliphatic rings. The number of rotatable bonds is 7. The van der Waals surface area contributed by atoms with Gasteiger partial charge in [-0.3, -0.25) is 14.4 Å². The summed E-state index contributed by atoms with van der Waals surface area (Å²) in [5.74, 6) is -0.911. The number of nitrogens with zero attached hydrogens (tertiary/aromatic N) is 8. The Labute approximate surface area is 283 Å². The number of allylic oxidation sites excluding steroid dienone is 1. The van der Waals surface area contributed by atoms with E-state index in [1.165, 1.54) is 11.2 Å². The maximum absolute atomic E-state index is 14.1. The minimum absolute atomic E-state index is 0.00571. The van der Waals surface area contributed by atoms with Gasteiger partial charge in [0.1, 0.15) is 18.6 Å². The lowest BCUT2D eigenvalue weighted by Gasteiger charge is -2.36. The van der Waals surface area contributed by atoms with Crippen molar-refractivity contribution in [2.45, 2.75) is 58.7 Å². The van der Waals surface area contributed by atoms with Crippen LogP contribution in [0.4, 0.5) is 24.5 Å². The van der Waals surface area contributed by atoms with E-state index < -0.39 is 29.1 Å². The zero-order valence-electron chi connectivity index (χ0n) is 26.7. The SMILES string of the molecule is CCc1c(N2CCN(C(=O)c3ncnc(C)c3O)CC2)c(=O)n2nc(C=C3CCCC3)nc2n1CC(=O)Nc1ccc(C(F)(F)F)cc1Cl. The van der Waals surface area contributed by atoms with Gasteiger partial charge in [-0.1, -0.05) is 24.1 Å². The molecule has 2 fully saturated rings. The standard InChI is InChI=1S/C32H33ClF3N9O4/c1-3-23-27(42-10-12-43(13-11-42)29(48)26-28(47)18(2)37-17-38-26)30(49)45-31(40-24(41-45)14-19-6-4-5-7-19)44(23)16-25(46)39-22-9-8-20(15-21(22)33)32(34,35)36/h8-9,14-15,17,47H,3-7,10-13,16H2,1-2H3,(H,39,46). The highest BCUT2D eigenvalue weighted by molar-refractivity contribution is 6.33. The summed E-state index contributed by atoms with van der Waals surface area (Å²) in [7, 11) is 0. The maximum Gasteiger partial charge on any atom is 0.416 e. The van der Waals surface area contributed by atoms with Crippen LogP contribution in [0.2, 0.25) is 5.02 Å². The monoisotopic (exact) mass is 699 g/mol. The minimum Gasteiger partial charge on any atom is -0.504 e. The highest BCUT2D eigenvalue weighted by atomic mass is 35.5. The fourth-order valence-electron chi connectivity index (χ4n) is 6.19. The predicted octanol–water partition coefficient (Wildman–Crippen LogP) is 4.49. The Hall–Kier alpha value is -4.99. The maximum atomic E-state index is 14.1. The van der Waals surface area contributed by atoms with E-state index >= 15 is 0 Å². The average molecular weight is 700 g/mol. The van der Waals surface area contributed by atoms with Gasteiger partial charge in [-0.05, 0) is 63.3 Å². The molecule has 4 aromatic rings. The first-order chi connectivity index (χ1) is 23.3. The first kappa shape index (κ1) is 33.9. The van der Waals surface area contributed by atoms with Gasteiger partial charge in [-0.2, -0.15) is 22.7 Å². The van der Waals surface area contributed by atoms with Gasteiger partial charge in [0.25, 0.3) is 11.5 Å². The third-order valence-corrected chi connectivity index (χ3v) is 9.03. The molecule has 1 saturated heterocycles. The number of benzene rings is 1. The number of piperazine rings is 1. The molecule has 17 heteroatoms. The molecule has 13 nitrogen and oxygen atoms in total. The van der Waals surface area contributed by atoms with Crippen molar-refractivity contribution in [1.29, 1.82) is 0 Å². The number of alkyl halides is 3. The summed E-state index contributed by atoms with van der Waals surface area (Å²) in [4.78, 5) is 56.6. The van der Waals surface area contributed by atoms with Crippen molar-refractivity contribution >= 4 is 46.6 Å². The molecule has 2 N–H and O–H groups in total. The van der Waals surface area contributed by atoms with Crippen LogP contribution in [0.25, 0.3) is 11.9 Å². The van der Waals surface area contributed by atoms with E-state index in [1.807, 2.05) is 17.9 Å². The molecule has 1 aliphatic carbocycles. The van der Waals surface area contributed by atoms with Gasteiger partial charge in [-0.25, -0.2) is 9.97 Å². The topological polar surface area (TPSA) is 151 Å². The van der Waals surface area contributed by atoms with Crippen molar-refractivity contribution < 1.29 is 27.9 Å². The van der Waals surface area contributed by atoms with Crippen molar-refractivity contribution in [2.24, 2.45) is 0 Å². The molecule has 0 atom stereocenters. The van der Waals surface area contributed by atoms with Crippen LogP contribution < -0.4 is 15.8 Å². The highest BCUT2D eigenvalue weighted by Crippen LogP contribution is 2.34. The molecule has 258 valence electrons. The Morgan fingerprint density at radius 2 is 1.82 bits per heavy atom. The van der Waals surface area contributed by atoms with Gasteiger partial charge in [0.05, 0.1) is 27.7 Å². The average Bonchev–Trinajstić information content (AvgIpc) is 3.74. The van der Waals surface area contributed by atoms with Gasteiger partial charge in [0, 0.05) is 26.2 Å². The normalized spacial score (nSPS) is 15.3. The number of fused-ring (bicyclic) bond motifs is 1. The lowest BCUT2D eigenvalue weighted by molar-refractivity contribution is -0.137. The first-order valence-electron chi connectivity index (χ1n) is 15.8. The van der Waals surface area contributed by atoms with Crippen LogP contribution >= 0.6 is 11.6 Å². The second-order valence-electron chi connectivity index (χ2n) is 11.9. The summed E-state index contributed by atoms with van der Waals surface area (Å²) < 4.78 is 42.3. The molecule has 6 rings (SSSR count). The zero-order valence-corrected chi connectivity index (χ0v) is 27.5. The Balaban J connectivity index is 1.34. The van der Waals surface area contributed by atoms with Crippen LogP contribution in [0.3, 0.4) is 0 Å². The number of aromatic nitrogens is 6. The second kappa shape index (κ2) is 13.5. The second-order valence-corrected chi connectivity index (χ2v) is 12.3. The molecule has 3 aromatic heterocycles. The van der Waals surface area contributed by atoms with E-state index in [4.69, 9.17) is 11.6 Å². The molecule has 1 aromatic carbocycles. The molecular formula is C32H33ClF3N9O4. The zero-order chi connectivity index (χ0) is 35.0. The van der Waals surface area contributed by atoms with Crippen LogP contribution in [-0.4, -0.2) is 77.1 Å². The molecule has 49 heavy (non-hydrogen) atoms. The van der Waals surface area contributed by atoms with Crippen LogP contribution in [0.1, 0.15) is 65.9 Å². The third-order valence-electron chi connectivity index (χ3n) is 8.72. The number of nitrogens with one attached hydrogen (secondary N) is 1. The summed E-state index contributed by atoms with van der Waals surface area (Å²) in [5, 5.41) is 17.2. The summed E-state index contributed by atoms with van der Waals surface area (Å²) >= 11 is 6.11. The smallest absolute Gasteiger partial charge is 0.416 e. The fraction of sp³-hybridized carbons (Fsp3) is 0.406. The number of aryl methyl sites for hydroxylation is 1. The molecule has 1 aliphatic heterocycles. The summed E-state index contributed by atoms with van der Waals surface area (Å²) in [6.45, 7) is 3.97. The Kier molecular flexibility index (Phi) is 9.33. The predicted molar refractivity (Wildman–Crippen MR) is 175 cm³/mol. The highest BCUT2D eigenvalue weighted by Gasteiger charge is 2.32. The van der Waals surface area contributed by atoms with Crippen molar-refractivity contribution in [3.05, 3.63) is 73.9 Å². The van der Waals surface area contributed by atoms with E-state index in [0.29, 0.717) is 17.9 Å². The Morgan fingerprint density at radius 3 is 2.47 bits per heavy atom. The number of carbonyl (C=O) groups excluding carboxylic acids is 2. The molecule has 0 unspecified atom stereocenters. The van der Waals surface area contributed by atoms with Gasteiger partial charge >= 0.3 is 6.18 Å². The number of carbonyl (C=O) groups is 2. The number of halogens is 4. The number of hydrogen-bond donors (Lipinski definition) is 2. The third kappa shape index (κ3) is 6.82. The van der Waals surface area contributed by atoms with E-state index in [9.17, 15) is 32.7 Å².